The first-order chi connectivity index (χ1) is 8.85. The number of hydrogen-bond donors (Lipinski definition) is 1. The lowest BCUT2D eigenvalue weighted by Gasteiger charge is -2.22. The first-order valence-corrected chi connectivity index (χ1v) is 6.00. The minimum absolute atomic E-state index is 0.0639. The van der Waals surface area contributed by atoms with E-state index in [0.29, 0.717) is 18.6 Å². The van der Waals surface area contributed by atoms with Gasteiger partial charge in [0.2, 0.25) is 0 Å². The quantitative estimate of drug-likeness (QED) is 0.774. The number of carboxylic acid groups (broad SMARTS) is 1. The van der Waals surface area contributed by atoms with Gasteiger partial charge in [-0.1, -0.05) is 6.07 Å². The summed E-state index contributed by atoms with van der Waals surface area (Å²) in [5.74, 6) is -1.73. The Morgan fingerprint density at radius 1 is 1.42 bits per heavy atom. The summed E-state index contributed by atoms with van der Waals surface area (Å²) in [5.41, 5.74) is 0.119. The third-order valence-corrected chi connectivity index (χ3v) is 2.96. The van der Waals surface area contributed by atoms with Gasteiger partial charge in [-0.15, -0.1) is 0 Å². The van der Waals surface area contributed by atoms with Crippen LogP contribution in [-0.4, -0.2) is 30.4 Å². The number of methoxy groups -OCH3 is 1. The maximum Gasteiger partial charge on any atom is 0.336 e. The molecule has 19 heavy (non-hydrogen) atoms. The first kappa shape index (κ1) is 15.6. The van der Waals surface area contributed by atoms with Crippen LogP contribution in [0.25, 0.3) is 0 Å². The van der Waals surface area contributed by atoms with Gasteiger partial charge >= 0.3 is 5.97 Å². The Kier molecular flexibility index (Phi) is 5.44. The van der Waals surface area contributed by atoms with Crippen molar-refractivity contribution >= 4 is 5.97 Å². The molecule has 106 valence electrons. The molecule has 0 saturated heterocycles. The molecular formula is C14H19FO4. The lowest BCUT2D eigenvalue weighted by atomic mass is 10.1. The van der Waals surface area contributed by atoms with Crippen molar-refractivity contribution in [1.82, 2.24) is 0 Å². The van der Waals surface area contributed by atoms with Crippen LogP contribution in [0.5, 0.6) is 0 Å². The smallest absolute Gasteiger partial charge is 0.336 e. The molecule has 0 fully saturated rings. The average Bonchev–Trinajstić information content (AvgIpc) is 2.36. The number of aromatic carboxylic acids is 1. The Bertz CT molecular complexity index is 443. The normalized spacial score (nSPS) is 11.6. The summed E-state index contributed by atoms with van der Waals surface area (Å²) in [7, 11) is 1.63. The van der Waals surface area contributed by atoms with Gasteiger partial charge in [-0.2, -0.15) is 0 Å². The molecule has 0 spiro atoms. The molecule has 1 aromatic carbocycles. The van der Waals surface area contributed by atoms with Crippen LogP contribution in [0.15, 0.2) is 18.2 Å². The van der Waals surface area contributed by atoms with E-state index < -0.39 is 11.8 Å². The van der Waals surface area contributed by atoms with Gasteiger partial charge < -0.3 is 14.6 Å². The van der Waals surface area contributed by atoms with Crippen LogP contribution in [0.2, 0.25) is 0 Å². The average molecular weight is 270 g/mol. The predicted molar refractivity (Wildman–Crippen MR) is 68.7 cm³/mol. The Morgan fingerprint density at radius 3 is 2.68 bits per heavy atom. The summed E-state index contributed by atoms with van der Waals surface area (Å²) in [4.78, 5) is 11.0. The molecule has 0 unspecified atom stereocenters. The summed E-state index contributed by atoms with van der Waals surface area (Å²) in [6, 6.07) is 3.66. The fourth-order valence-corrected chi connectivity index (χ4v) is 1.48. The molecule has 0 saturated carbocycles. The molecule has 0 aliphatic carbocycles. The summed E-state index contributed by atoms with van der Waals surface area (Å²) in [6.07, 6.45) is 0.688. The lowest BCUT2D eigenvalue weighted by Crippen LogP contribution is -2.24. The van der Waals surface area contributed by atoms with Crippen LogP contribution < -0.4 is 0 Å². The maximum absolute atomic E-state index is 13.0. The fourth-order valence-electron chi connectivity index (χ4n) is 1.48. The molecular weight excluding hydrogens is 251 g/mol. The summed E-state index contributed by atoms with van der Waals surface area (Å²) >= 11 is 0. The van der Waals surface area contributed by atoms with E-state index in [4.69, 9.17) is 14.6 Å². The third-order valence-electron chi connectivity index (χ3n) is 2.96. The van der Waals surface area contributed by atoms with E-state index in [0.717, 1.165) is 6.07 Å². The van der Waals surface area contributed by atoms with Crippen molar-refractivity contribution in [2.24, 2.45) is 0 Å². The number of halogens is 1. The second-order valence-electron chi connectivity index (χ2n) is 4.87. The van der Waals surface area contributed by atoms with Crippen molar-refractivity contribution in [3.05, 3.63) is 35.1 Å². The van der Waals surface area contributed by atoms with Gasteiger partial charge in [-0.25, -0.2) is 9.18 Å². The zero-order valence-electron chi connectivity index (χ0n) is 11.4. The number of hydrogen-bond acceptors (Lipinski definition) is 3. The first-order valence-electron chi connectivity index (χ1n) is 6.00. The van der Waals surface area contributed by atoms with Crippen molar-refractivity contribution in [3.8, 4) is 0 Å². The summed E-state index contributed by atoms with van der Waals surface area (Å²) < 4.78 is 23.6. The molecule has 0 atom stereocenters. The monoisotopic (exact) mass is 270 g/mol. The minimum Gasteiger partial charge on any atom is -0.478 e. The molecule has 0 aromatic heterocycles. The van der Waals surface area contributed by atoms with E-state index in [1.54, 1.807) is 7.11 Å². The number of rotatable bonds is 7. The molecule has 0 heterocycles. The fraction of sp³-hybridized carbons (Fsp3) is 0.500. The van der Waals surface area contributed by atoms with Crippen molar-refractivity contribution in [3.63, 3.8) is 0 Å². The molecule has 0 bridgehead atoms. The van der Waals surface area contributed by atoms with Gasteiger partial charge in [0.1, 0.15) is 5.82 Å². The Hall–Kier alpha value is -1.46. The van der Waals surface area contributed by atoms with E-state index in [9.17, 15) is 9.18 Å². The highest BCUT2D eigenvalue weighted by molar-refractivity contribution is 5.89. The molecule has 0 radical (unpaired) electrons. The zero-order valence-corrected chi connectivity index (χ0v) is 11.4. The van der Waals surface area contributed by atoms with Gasteiger partial charge in [0.25, 0.3) is 0 Å². The predicted octanol–water partition coefficient (Wildman–Crippen LogP) is 2.86. The minimum atomic E-state index is -1.16. The van der Waals surface area contributed by atoms with Crippen LogP contribution in [0, 0.1) is 5.82 Å². The van der Waals surface area contributed by atoms with Crippen LogP contribution in [0.1, 0.15) is 36.2 Å². The van der Waals surface area contributed by atoms with Crippen LogP contribution in [-0.2, 0) is 16.1 Å². The van der Waals surface area contributed by atoms with E-state index in [2.05, 4.69) is 0 Å². The number of ether oxygens (including phenoxy) is 2. The lowest BCUT2D eigenvalue weighted by molar-refractivity contribution is -0.0126. The highest BCUT2D eigenvalue weighted by Crippen LogP contribution is 2.15. The molecule has 0 aliphatic rings. The largest absolute Gasteiger partial charge is 0.478 e. The molecule has 1 rings (SSSR count). The number of carbonyl (C=O) groups is 1. The number of carboxylic acids is 1. The highest BCUT2D eigenvalue weighted by atomic mass is 19.1. The van der Waals surface area contributed by atoms with Crippen LogP contribution in [0.3, 0.4) is 0 Å². The van der Waals surface area contributed by atoms with E-state index in [-0.39, 0.29) is 17.8 Å². The van der Waals surface area contributed by atoms with E-state index in [1.807, 2.05) is 13.8 Å². The second-order valence-corrected chi connectivity index (χ2v) is 4.87. The SMILES string of the molecule is COC(C)(C)CCOCc1ccc(F)cc1C(=O)O. The van der Waals surface area contributed by atoms with Crippen molar-refractivity contribution < 1.29 is 23.8 Å². The van der Waals surface area contributed by atoms with Gasteiger partial charge in [0.15, 0.2) is 0 Å². The molecule has 0 amide bonds. The van der Waals surface area contributed by atoms with Gasteiger partial charge in [-0.05, 0) is 38.0 Å². The Labute approximate surface area is 112 Å². The Morgan fingerprint density at radius 2 is 2.11 bits per heavy atom. The molecule has 4 nitrogen and oxygen atoms in total. The van der Waals surface area contributed by atoms with Crippen molar-refractivity contribution in [2.45, 2.75) is 32.5 Å². The van der Waals surface area contributed by atoms with Crippen LogP contribution in [0.4, 0.5) is 4.39 Å². The zero-order chi connectivity index (χ0) is 14.5. The van der Waals surface area contributed by atoms with Gasteiger partial charge in [0.05, 0.1) is 17.8 Å². The Balaban J connectivity index is 2.56. The third kappa shape index (κ3) is 4.96. The molecule has 1 N–H and O–H groups in total. The highest BCUT2D eigenvalue weighted by Gasteiger charge is 2.16. The van der Waals surface area contributed by atoms with Crippen molar-refractivity contribution in [1.29, 1.82) is 0 Å². The topological polar surface area (TPSA) is 55.8 Å². The van der Waals surface area contributed by atoms with Crippen LogP contribution >= 0.6 is 0 Å². The standard InChI is InChI=1S/C14H19FO4/c1-14(2,18-3)6-7-19-9-10-4-5-11(15)8-12(10)13(16)17/h4-5,8H,6-7,9H2,1-3H3,(H,16,17). The van der Waals surface area contributed by atoms with E-state index >= 15 is 0 Å². The summed E-state index contributed by atoms with van der Waals surface area (Å²) in [5, 5.41) is 8.97. The summed E-state index contributed by atoms with van der Waals surface area (Å²) in [6.45, 7) is 4.47. The second kappa shape index (κ2) is 6.63. The maximum atomic E-state index is 13.0. The van der Waals surface area contributed by atoms with Gasteiger partial charge in [-0.3, -0.25) is 0 Å². The molecule has 1 aromatic rings. The van der Waals surface area contributed by atoms with E-state index in [1.165, 1.54) is 12.1 Å². The van der Waals surface area contributed by atoms with Crippen molar-refractivity contribution in [2.75, 3.05) is 13.7 Å². The number of benzene rings is 1. The molecule has 0 aliphatic heterocycles. The molecule has 5 heteroatoms. The van der Waals surface area contributed by atoms with Gasteiger partial charge in [0, 0.05) is 13.7 Å².